The van der Waals surface area contributed by atoms with Crippen molar-refractivity contribution >= 4 is 38.9 Å². The monoisotopic (exact) mass is 421 g/mol. The number of carbonyl (C=O) groups excluding carboxylic acids is 1. The van der Waals surface area contributed by atoms with Gasteiger partial charge < -0.3 is 9.80 Å². The molecule has 0 aliphatic carbocycles. The van der Waals surface area contributed by atoms with E-state index >= 15 is 0 Å². The van der Waals surface area contributed by atoms with Gasteiger partial charge in [0.2, 0.25) is 10.0 Å². The number of sulfonamides is 1. The summed E-state index contributed by atoms with van der Waals surface area (Å²) in [6.45, 7) is 4.52. The fraction of sp³-hybridized carbons (Fsp3) is 0.350. The normalized spacial score (nSPS) is 14.9. The number of rotatable bonds is 4. The summed E-state index contributed by atoms with van der Waals surface area (Å²) in [6.07, 6.45) is 1.16. The highest BCUT2D eigenvalue weighted by molar-refractivity contribution is 7.92. The van der Waals surface area contributed by atoms with E-state index < -0.39 is 10.0 Å². The van der Waals surface area contributed by atoms with Crippen LogP contribution >= 0.6 is 11.6 Å². The number of aryl methyl sites for hydroxylation is 1. The van der Waals surface area contributed by atoms with Crippen LogP contribution in [-0.2, 0) is 10.0 Å². The second-order valence-electron chi connectivity index (χ2n) is 6.99. The SMILES string of the molecule is Cc1cc(C(=O)N2CCN(c3cccc(Cl)c3)CC2)ccc1N(C)S(C)(=O)=O. The Hall–Kier alpha value is -2.25. The molecule has 1 heterocycles. The zero-order valence-corrected chi connectivity index (χ0v) is 17.8. The van der Waals surface area contributed by atoms with Crippen molar-refractivity contribution in [3.8, 4) is 0 Å². The van der Waals surface area contributed by atoms with Crippen LogP contribution in [0, 0.1) is 6.92 Å². The Morgan fingerprint density at radius 1 is 1.07 bits per heavy atom. The Balaban J connectivity index is 1.69. The Labute approximate surface area is 171 Å². The molecule has 1 amide bonds. The average Bonchev–Trinajstić information content (AvgIpc) is 2.66. The van der Waals surface area contributed by atoms with Crippen LogP contribution in [0.25, 0.3) is 0 Å². The highest BCUT2D eigenvalue weighted by Crippen LogP contribution is 2.24. The van der Waals surface area contributed by atoms with Gasteiger partial charge in [0.25, 0.3) is 5.91 Å². The first kappa shape index (κ1) is 20.5. The van der Waals surface area contributed by atoms with Gasteiger partial charge in [-0.1, -0.05) is 17.7 Å². The third-order valence-corrected chi connectivity index (χ3v) is 6.45. The highest BCUT2D eigenvalue weighted by Gasteiger charge is 2.23. The maximum absolute atomic E-state index is 12.9. The molecule has 1 aliphatic heterocycles. The minimum absolute atomic E-state index is 0.0394. The van der Waals surface area contributed by atoms with Crippen molar-refractivity contribution in [1.29, 1.82) is 0 Å². The molecule has 1 fully saturated rings. The van der Waals surface area contributed by atoms with Crippen molar-refractivity contribution in [2.45, 2.75) is 6.92 Å². The van der Waals surface area contributed by atoms with Crippen molar-refractivity contribution in [1.82, 2.24) is 4.90 Å². The number of nitrogens with zero attached hydrogens (tertiary/aromatic N) is 3. The molecule has 0 aromatic heterocycles. The molecule has 8 heteroatoms. The molecular formula is C20H24ClN3O3S. The second kappa shape index (κ2) is 8.01. The molecule has 1 saturated heterocycles. The minimum atomic E-state index is -3.34. The standard InChI is InChI=1S/C20H24ClN3O3S/c1-15-13-16(7-8-19(15)22(2)28(3,26)27)20(25)24-11-9-23(10-12-24)18-6-4-5-17(21)14-18/h4-8,13-14H,9-12H2,1-3H3. The zero-order chi connectivity index (χ0) is 20.5. The Bertz CT molecular complexity index is 986. The van der Waals surface area contributed by atoms with Gasteiger partial charge in [0.15, 0.2) is 0 Å². The number of halogens is 1. The molecule has 0 spiro atoms. The van der Waals surface area contributed by atoms with E-state index in [0.717, 1.165) is 30.6 Å². The predicted octanol–water partition coefficient (Wildman–Crippen LogP) is 3.01. The molecule has 0 N–H and O–H groups in total. The highest BCUT2D eigenvalue weighted by atomic mass is 35.5. The van der Waals surface area contributed by atoms with E-state index in [2.05, 4.69) is 4.90 Å². The largest absolute Gasteiger partial charge is 0.368 e. The number of hydrogen-bond acceptors (Lipinski definition) is 4. The smallest absolute Gasteiger partial charge is 0.253 e. The first-order chi connectivity index (χ1) is 13.2. The van der Waals surface area contributed by atoms with Crippen molar-refractivity contribution in [3.63, 3.8) is 0 Å². The molecule has 0 atom stereocenters. The molecule has 1 aliphatic rings. The topological polar surface area (TPSA) is 60.9 Å². The third-order valence-electron chi connectivity index (χ3n) is 5.02. The second-order valence-corrected chi connectivity index (χ2v) is 9.44. The molecule has 0 saturated carbocycles. The number of piperazine rings is 1. The summed E-state index contributed by atoms with van der Waals surface area (Å²) in [5.41, 5.74) is 2.95. The van der Waals surface area contributed by atoms with Crippen LogP contribution in [0.15, 0.2) is 42.5 Å². The molecule has 0 unspecified atom stereocenters. The average molecular weight is 422 g/mol. The number of benzene rings is 2. The summed E-state index contributed by atoms with van der Waals surface area (Å²) in [5.74, 6) is -0.0394. The summed E-state index contributed by atoms with van der Waals surface area (Å²) >= 11 is 6.07. The lowest BCUT2D eigenvalue weighted by atomic mass is 10.1. The van der Waals surface area contributed by atoms with Gasteiger partial charge in [-0.05, 0) is 48.9 Å². The van der Waals surface area contributed by atoms with E-state index in [0.29, 0.717) is 29.4 Å². The Morgan fingerprint density at radius 2 is 1.75 bits per heavy atom. The van der Waals surface area contributed by atoms with Gasteiger partial charge >= 0.3 is 0 Å². The summed E-state index contributed by atoms with van der Waals surface area (Å²) < 4.78 is 24.7. The van der Waals surface area contributed by atoms with Crippen molar-refractivity contribution in [3.05, 3.63) is 58.6 Å². The lowest BCUT2D eigenvalue weighted by molar-refractivity contribution is 0.0746. The molecule has 2 aromatic carbocycles. The van der Waals surface area contributed by atoms with Crippen LogP contribution in [-0.4, -0.2) is 58.7 Å². The van der Waals surface area contributed by atoms with Gasteiger partial charge in [-0.15, -0.1) is 0 Å². The number of anilines is 2. The molecular weight excluding hydrogens is 398 g/mol. The molecule has 0 radical (unpaired) electrons. The molecule has 150 valence electrons. The van der Waals surface area contributed by atoms with Crippen LogP contribution in [0.3, 0.4) is 0 Å². The molecule has 0 bridgehead atoms. The van der Waals surface area contributed by atoms with Crippen molar-refractivity contribution in [2.75, 3.05) is 48.7 Å². The molecule has 2 aromatic rings. The summed E-state index contributed by atoms with van der Waals surface area (Å²) in [7, 11) is -1.84. The number of carbonyl (C=O) groups is 1. The van der Waals surface area contributed by atoms with Crippen molar-refractivity contribution in [2.24, 2.45) is 0 Å². The van der Waals surface area contributed by atoms with Gasteiger partial charge in [-0.3, -0.25) is 9.10 Å². The van der Waals surface area contributed by atoms with E-state index in [-0.39, 0.29) is 5.91 Å². The summed E-state index contributed by atoms with van der Waals surface area (Å²) in [4.78, 5) is 16.9. The molecule has 28 heavy (non-hydrogen) atoms. The Morgan fingerprint density at radius 3 is 2.32 bits per heavy atom. The van der Waals surface area contributed by atoms with Crippen LogP contribution in [0.5, 0.6) is 0 Å². The van der Waals surface area contributed by atoms with Crippen LogP contribution < -0.4 is 9.21 Å². The van der Waals surface area contributed by atoms with E-state index in [1.165, 1.54) is 11.4 Å². The Kier molecular flexibility index (Phi) is 5.86. The lowest BCUT2D eigenvalue weighted by Crippen LogP contribution is -2.48. The van der Waals surface area contributed by atoms with Gasteiger partial charge in [0.1, 0.15) is 0 Å². The first-order valence-corrected chi connectivity index (χ1v) is 11.2. The van der Waals surface area contributed by atoms with Crippen LogP contribution in [0.4, 0.5) is 11.4 Å². The third kappa shape index (κ3) is 4.42. The van der Waals surface area contributed by atoms with E-state index in [9.17, 15) is 13.2 Å². The van der Waals surface area contributed by atoms with E-state index in [4.69, 9.17) is 11.6 Å². The van der Waals surface area contributed by atoms with Gasteiger partial charge in [-0.2, -0.15) is 0 Å². The summed E-state index contributed by atoms with van der Waals surface area (Å²) in [5, 5.41) is 0.700. The fourth-order valence-electron chi connectivity index (χ4n) is 3.34. The summed E-state index contributed by atoms with van der Waals surface area (Å²) in [6, 6.07) is 12.8. The maximum Gasteiger partial charge on any atom is 0.253 e. The van der Waals surface area contributed by atoms with Gasteiger partial charge in [-0.25, -0.2) is 8.42 Å². The molecule has 6 nitrogen and oxygen atoms in total. The van der Waals surface area contributed by atoms with Gasteiger partial charge in [0.05, 0.1) is 11.9 Å². The van der Waals surface area contributed by atoms with E-state index in [1.54, 1.807) is 18.2 Å². The molecule has 3 rings (SSSR count). The van der Waals surface area contributed by atoms with Gasteiger partial charge in [0, 0.05) is 49.5 Å². The predicted molar refractivity (Wildman–Crippen MR) is 114 cm³/mol. The van der Waals surface area contributed by atoms with E-state index in [1.807, 2.05) is 36.1 Å². The van der Waals surface area contributed by atoms with Crippen LogP contribution in [0.1, 0.15) is 15.9 Å². The zero-order valence-electron chi connectivity index (χ0n) is 16.2. The van der Waals surface area contributed by atoms with Crippen molar-refractivity contribution < 1.29 is 13.2 Å². The minimum Gasteiger partial charge on any atom is -0.368 e. The number of amides is 1. The lowest BCUT2D eigenvalue weighted by Gasteiger charge is -2.36. The van der Waals surface area contributed by atoms with Crippen LogP contribution in [0.2, 0.25) is 5.02 Å². The number of hydrogen-bond donors (Lipinski definition) is 0. The maximum atomic E-state index is 12.9. The quantitative estimate of drug-likeness (QED) is 0.761. The fourth-order valence-corrected chi connectivity index (χ4v) is 4.09. The first-order valence-electron chi connectivity index (χ1n) is 9.01.